The summed E-state index contributed by atoms with van der Waals surface area (Å²) in [6.45, 7) is 12.1. The second-order valence-electron chi connectivity index (χ2n) is 8.59. The van der Waals surface area contributed by atoms with Crippen LogP contribution in [-0.2, 0) is 4.79 Å². The lowest BCUT2D eigenvalue weighted by Crippen LogP contribution is -2.33. The summed E-state index contributed by atoms with van der Waals surface area (Å²) in [4.78, 5) is 10.5. The lowest BCUT2D eigenvalue weighted by molar-refractivity contribution is -0.108. The highest BCUT2D eigenvalue weighted by Crippen LogP contribution is 2.46. The summed E-state index contributed by atoms with van der Waals surface area (Å²) in [7, 11) is 0. The van der Waals surface area contributed by atoms with Gasteiger partial charge in [-0.3, -0.25) is 0 Å². The van der Waals surface area contributed by atoms with Gasteiger partial charge in [0.25, 0.3) is 0 Å². The molecule has 0 aromatic heterocycles. The summed E-state index contributed by atoms with van der Waals surface area (Å²) in [5.41, 5.74) is 0.551. The first-order valence-electron chi connectivity index (χ1n) is 9.30. The molecular weight excluding hydrogens is 256 g/mol. The third-order valence-corrected chi connectivity index (χ3v) is 6.03. The van der Waals surface area contributed by atoms with E-state index in [0.717, 1.165) is 30.5 Å². The van der Waals surface area contributed by atoms with Crippen LogP contribution in [0.4, 0.5) is 0 Å². The number of hydrogen-bond acceptors (Lipinski definition) is 1. The van der Waals surface area contributed by atoms with Gasteiger partial charge < -0.3 is 4.79 Å². The minimum Gasteiger partial charge on any atom is -0.303 e. The van der Waals surface area contributed by atoms with Crippen LogP contribution in [0, 0.1) is 29.1 Å². The molecule has 1 fully saturated rings. The third kappa shape index (κ3) is 6.53. The standard InChI is InChI=1S/C20H38O/c1-16(8-6-9-17(2)13-15-21)11-12-19-18(3)10-7-14-20(19,4)5/h15-19H,6-14H2,1-5H3. The highest BCUT2D eigenvalue weighted by atomic mass is 16.1. The Balaban J connectivity index is 2.25. The van der Waals surface area contributed by atoms with E-state index in [-0.39, 0.29) is 0 Å². The molecule has 1 heteroatoms. The van der Waals surface area contributed by atoms with Gasteiger partial charge in [0.1, 0.15) is 6.29 Å². The van der Waals surface area contributed by atoms with Gasteiger partial charge >= 0.3 is 0 Å². The average Bonchev–Trinajstić information content (AvgIpc) is 2.37. The molecule has 0 amide bonds. The van der Waals surface area contributed by atoms with E-state index in [0.29, 0.717) is 11.3 Å². The highest BCUT2D eigenvalue weighted by Gasteiger charge is 2.36. The van der Waals surface area contributed by atoms with Gasteiger partial charge in [-0.15, -0.1) is 0 Å². The number of carbonyl (C=O) groups is 1. The van der Waals surface area contributed by atoms with Gasteiger partial charge in [0.05, 0.1) is 0 Å². The number of hydrogen-bond donors (Lipinski definition) is 0. The second kappa shape index (κ2) is 8.96. The van der Waals surface area contributed by atoms with Crippen molar-refractivity contribution in [1.82, 2.24) is 0 Å². The van der Waals surface area contributed by atoms with E-state index in [4.69, 9.17) is 0 Å². The van der Waals surface area contributed by atoms with Crippen molar-refractivity contribution < 1.29 is 4.79 Å². The van der Waals surface area contributed by atoms with Crippen molar-refractivity contribution in [3.05, 3.63) is 0 Å². The molecule has 124 valence electrons. The second-order valence-corrected chi connectivity index (χ2v) is 8.59. The van der Waals surface area contributed by atoms with Gasteiger partial charge in [0, 0.05) is 6.42 Å². The SMILES string of the molecule is CC(CC=O)CCCC(C)CCC1C(C)CCCC1(C)C. The maximum Gasteiger partial charge on any atom is 0.120 e. The van der Waals surface area contributed by atoms with Crippen LogP contribution < -0.4 is 0 Å². The third-order valence-electron chi connectivity index (χ3n) is 6.03. The van der Waals surface area contributed by atoms with Crippen LogP contribution in [0.3, 0.4) is 0 Å². The summed E-state index contributed by atoms with van der Waals surface area (Å²) < 4.78 is 0. The summed E-state index contributed by atoms with van der Waals surface area (Å²) in [5, 5.41) is 0. The predicted octanol–water partition coefficient (Wildman–Crippen LogP) is 6.26. The van der Waals surface area contributed by atoms with Crippen molar-refractivity contribution in [3.8, 4) is 0 Å². The number of carbonyl (C=O) groups excluding carboxylic acids is 1. The Bertz CT molecular complexity index is 294. The maximum absolute atomic E-state index is 10.5. The van der Waals surface area contributed by atoms with E-state index in [9.17, 15) is 4.79 Å². The first-order chi connectivity index (χ1) is 9.86. The highest BCUT2D eigenvalue weighted by molar-refractivity contribution is 5.49. The van der Waals surface area contributed by atoms with Crippen LogP contribution in [0.5, 0.6) is 0 Å². The normalized spacial score (nSPS) is 28.0. The van der Waals surface area contributed by atoms with E-state index >= 15 is 0 Å². The molecule has 0 bridgehead atoms. The van der Waals surface area contributed by atoms with Gasteiger partial charge in [-0.2, -0.15) is 0 Å². The molecule has 0 aliphatic heterocycles. The lowest BCUT2D eigenvalue weighted by atomic mass is 9.62. The Labute approximate surface area is 133 Å². The lowest BCUT2D eigenvalue weighted by Gasteiger charge is -2.43. The van der Waals surface area contributed by atoms with Crippen molar-refractivity contribution in [2.24, 2.45) is 29.1 Å². The van der Waals surface area contributed by atoms with Gasteiger partial charge in [0.2, 0.25) is 0 Å². The van der Waals surface area contributed by atoms with Crippen LogP contribution in [0.15, 0.2) is 0 Å². The van der Waals surface area contributed by atoms with Gasteiger partial charge in [-0.1, -0.05) is 73.1 Å². The van der Waals surface area contributed by atoms with E-state index < -0.39 is 0 Å². The molecule has 4 unspecified atom stereocenters. The zero-order valence-corrected chi connectivity index (χ0v) is 15.2. The van der Waals surface area contributed by atoms with E-state index in [1.54, 1.807) is 0 Å². The zero-order chi connectivity index (χ0) is 15.9. The van der Waals surface area contributed by atoms with Gasteiger partial charge in [-0.05, 0) is 41.9 Å². The fourth-order valence-corrected chi connectivity index (χ4v) is 4.42. The molecule has 1 rings (SSSR count). The molecule has 0 spiro atoms. The molecule has 0 heterocycles. The number of aldehydes is 1. The van der Waals surface area contributed by atoms with Crippen molar-refractivity contribution in [1.29, 1.82) is 0 Å². The van der Waals surface area contributed by atoms with Crippen LogP contribution in [0.25, 0.3) is 0 Å². The molecular formula is C20H38O. The van der Waals surface area contributed by atoms with Crippen molar-refractivity contribution >= 4 is 6.29 Å². The number of rotatable bonds is 9. The molecule has 1 aliphatic rings. The molecule has 0 N–H and O–H groups in total. The largest absolute Gasteiger partial charge is 0.303 e. The molecule has 0 radical (unpaired) electrons. The Kier molecular flexibility index (Phi) is 7.98. The smallest absolute Gasteiger partial charge is 0.120 e. The zero-order valence-electron chi connectivity index (χ0n) is 15.2. The van der Waals surface area contributed by atoms with Crippen molar-refractivity contribution in [2.45, 2.75) is 92.4 Å². The topological polar surface area (TPSA) is 17.1 Å². The van der Waals surface area contributed by atoms with E-state index in [2.05, 4.69) is 34.6 Å². The summed E-state index contributed by atoms with van der Waals surface area (Å²) >= 11 is 0. The molecule has 21 heavy (non-hydrogen) atoms. The van der Waals surface area contributed by atoms with Gasteiger partial charge in [0.15, 0.2) is 0 Å². The van der Waals surface area contributed by atoms with Crippen molar-refractivity contribution in [2.75, 3.05) is 0 Å². The average molecular weight is 295 g/mol. The Morgan fingerprint density at radius 1 is 1.14 bits per heavy atom. The summed E-state index contributed by atoms with van der Waals surface area (Å²) in [6, 6.07) is 0. The Morgan fingerprint density at radius 2 is 1.81 bits per heavy atom. The van der Waals surface area contributed by atoms with E-state index in [1.807, 2.05) is 0 Å². The van der Waals surface area contributed by atoms with Crippen LogP contribution >= 0.6 is 0 Å². The molecule has 1 saturated carbocycles. The molecule has 4 atom stereocenters. The first-order valence-corrected chi connectivity index (χ1v) is 9.30. The van der Waals surface area contributed by atoms with E-state index in [1.165, 1.54) is 51.4 Å². The van der Waals surface area contributed by atoms with Crippen LogP contribution in [0.2, 0.25) is 0 Å². The predicted molar refractivity (Wildman–Crippen MR) is 92.4 cm³/mol. The quantitative estimate of drug-likeness (QED) is 0.459. The fourth-order valence-electron chi connectivity index (χ4n) is 4.42. The minimum atomic E-state index is 0.551. The molecule has 0 saturated heterocycles. The monoisotopic (exact) mass is 294 g/mol. The van der Waals surface area contributed by atoms with Crippen LogP contribution in [-0.4, -0.2) is 6.29 Å². The first kappa shape index (κ1) is 18.7. The molecule has 0 aromatic carbocycles. The summed E-state index contributed by atoms with van der Waals surface area (Å²) in [6.07, 6.45) is 12.7. The Hall–Kier alpha value is -0.330. The minimum absolute atomic E-state index is 0.551. The van der Waals surface area contributed by atoms with Gasteiger partial charge in [-0.25, -0.2) is 0 Å². The molecule has 0 aromatic rings. The fraction of sp³-hybridized carbons (Fsp3) is 0.950. The maximum atomic E-state index is 10.5. The molecule has 1 nitrogen and oxygen atoms in total. The summed E-state index contributed by atoms with van der Waals surface area (Å²) in [5.74, 6) is 3.25. The molecule has 1 aliphatic carbocycles. The van der Waals surface area contributed by atoms with Crippen molar-refractivity contribution in [3.63, 3.8) is 0 Å². The van der Waals surface area contributed by atoms with Crippen LogP contribution in [0.1, 0.15) is 92.4 Å². The Morgan fingerprint density at radius 3 is 2.43 bits per heavy atom.